The third kappa shape index (κ3) is 1.59. The molecule has 1 aromatic carbocycles. The van der Waals surface area contributed by atoms with Crippen molar-refractivity contribution in [3.05, 3.63) is 33.8 Å². The number of benzene rings is 1. The predicted molar refractivity (Wildman–Crippen MR) is 56.1 cm³/mol. The van der Waals surface area contributed by atoms with Crippen molar-refractivity contribution in [1.82, 2.24) is 0 Å². The molecule has 13 heavy (non-hydrogen) atoms. The van der Waals surface area contributed by atoms with Crippen LogP contribution in [0.25, 0.3) is 0 Å². The Morgan fingerprint density at radius 2 is 2.23 bits per heavy atom. The quantitative estimate of drug-likeness (QED) is 0.677. The summed E-state index contributed by atoms with van der Waals surface area (Å²) in [4.78, 5) is 0. The summed E-state index contributed by atoms with van der Waals surface area (Å²) < 4.78 is 0. The standard InChI is InChI=1S/C11H14ClN/c1-7-5-8(12)6-10-9(7)3-2-4-11(10)13/h5-6,11H,2-4,13H2,1H3. The van der Waals surface area contributed by atoms with Crippen molar-refractivity contribution in [1.29, 1.82) is 0 Å². The highest BCUT2D eigenvalue weighted by molar-refractivity contribution is 6.30. The number of hydrogen-bond donors (Lipinski definition) is 1. The average Bonchev–Trinajstić information content (AvgIpc) is 2.07. The summed E-state index contributed by atoms with van der Waals surface area (Å²) >= 11 is 5.99. The lowest BCUT2D eigenvalue weighted by atomic mass is 9.86. The maximum atomic E-state index is 6.03. The summed E-state index contributed by atoms with van der Waals surface area (Å²) in [5, 5.41) is 0.814. The van der Waals surface area contributed by atoms with E-state index in [0.29, 0.717) is 0 Å². The Kier molecular flexibility index (Phi) is 2.31. The Hall–Kier alpha value is -0.530. The number of halogens is 1. The van der Waals surface area contributed by atoms with Crippen molar-refractivity contribution in [3.8, 4) is 0 Å². The molecule has 0 bridgehead atoms. The smallest absolute Gasteiger partial charge is 0.0412 e. The van der Waals surface area contributed by atoms with Crippen LogP contribution in [0.5, 0.6) is 0 Å². The van der Waals surface area contributed by atoms with Crippen LogP contribution in [0, 0.1) is 6.92 Å². The molecule has 1 aliphatic rings. The van der Waals surface area contributed by atoms with Crippen LogP contribution in [0.3, 0.4) is 0 Å². The van der Waals surface area contributed by atoms with E-state index in [-0.39, 0.29) is 6.04 Å². The van der Waals surface area contributed by atoms with E-state index in [1.54, 1.807) is 0 Å². The molecule has 2 rings (SSSR count). The third-order valence-corrected chi connectivity index (χ3v) is 3.03. The molecule has 0 spiro atoms. The molecule has 0 saturated heterocycles. The fraction of sp³-hybridized carbons (Fsp3) is 0.455. The molecule has 0 heterocycles. The van der Waals surface area contributed by atoms with Crippen LogP contribution in [0.2, 0.25) is 5.02 Å². The van der Waals surface area contributed by atoms with Gasteiger partial charge in [0.1, 0.15) is 0 Å². The van der Waals surface area contributed by atoms with Gasteiger partial charge in [-0.25, -0.2) is 0 Å². The molecule has 0 amide bonds. The second-order valence-corrected chi connectivity index (χ2v) is 4.23. The zero-order chi connectivity index (χ0) is 9.42. The minimum atomic E-state index is 0.196. The second kappa shape index (κ2) is 3.32. The van der Waals surface area contributed by atoms with Crippen molar-refractivity contribution >= 4 is 11.6 Å². The van der Waals surface area contributed by atoms with Crippen LogP contribution in [-0.4, -0.2) is 0 Å². The van der Waals surface area contributed by atoms with Gasteiger partial charge in [-0.2, -0.15) is 0 Å². The average molecular weight is 196 g/mol. The van der Waals surface area contributed by atoms with Crippen molar-refractivity contribution in [2.75, 3.05) is 0 Å². The number of fused-ring (bicyclic) bond motifs is 1. The van der Waals surface area contributed by atoms with Gasteiger partial charge in [0.2, 0.25) is 0 Å². The summed E-state index contributed by atoms with van der Waals surface area (Å²) in [5.41, 5.74) is 9.99. The minimum Gasteiger partial charge on any atom is -0.324 e. The van der Waals surface area contributed by atoms with E-state index in [0.717, 1.165) is 17.9 Å². The molecule has 0 fully saturated rings. The molecular weight excluding hydrogens is 182 g/mol. The molecule has 2 heteroatoms. The van der Waals surface area contributed by atoms with Gasteiger partial charge < -0.3 is 5.73 Å². The Morgan fingerprint density at radius 1 is 1.46 bits per heavy atom. The summed E-state index contributed by atoms with van der Waals surface area (Å²) in [6, 6.07) is 4.24. The molecule has 1 unspecified atom stereocenters. The summed E-state index contributed by atoms with van der Waals surface area (Å²) in [7, 11) is 0. The monoisotopic (exact) mass is 195 g/mol. The maximum Gasteiger partial charge on any atom is 0.0412 e. The first-order valence-corrected chi connectivity index (χ1v) is 5.11. The lowest BCUT2D eigenvalue weighted by molar-refractivity contribution is 0.568. The van der Waals surface area contributed by atoms with Gasteiger partial charge in [-0.3, -0.25) is 0 Å². The van der Waals surface area contributed by atoms with Crippen LogP contribution >= 0.6 is 11.6 Å². The molecule has 0 saturated carbocycles. The molecule has 2 N–H and O–H groups in total. The first kappa shape index (κ1) is 9.04. The largest absolute Gasteiger partial charge is 0.324 e. The zero-order valence-electron chi connectivity index (χ0n) is 7.81. The molecule has 1 atom stereocenters. The minimum absolute atomic E-state index is 0.196. The van der Waals surface area contributed by atoms with Gasteiger partial charge in [-0.15, -0.1) is 0 Å². The van der Waals surface area contributed by atoms with Crippen LogP contribution in [0.15, 0.2) is 12.1 Å². The summed E-state index contributed by atoms with van der Waals surface area (Å²) in [6.07, 6.45) is 3.45. The maximum absolute atomic E-state index is 6.03. The van der Waals surface area contributed by atoms with Gasteiger partial charge >= 0.3 is 0 Å². The number of hydrogen-bond acceptors (Lipinski definition) is 1. The van der Waals surface area contributed by atoms with Crippen LogP contribution in [-0.2, 0) is 6.42 Å². The van der Waals surface area contributed by atoms with E-state index in [1.165, 1.54) is 23.1 Å². The molecule has 1 nitrogen and oxygen atoms in total. The summed E-state index contributed by atoms with van der Waals surface area (Å²) in [5.74, 6) is 0. The lowest BCUT2D eigenvalue weighted by Crippen LogP contribution is -2.18. The zero-order valence-corrected chi connectivity index (χ0v) is 8.56. The SMILES string of the molecule is Cc1cc(Cl)cc2c1CCCC2N. The van der Waals surface area contributed by atoms with Crippen molar-refractivity contribution in [3.63, 3.8) is 0 Å². The molecular formula is C11H14ClN. The highest BCUT2D eigenvalue weighted by atomic mass is 35.5. The molecule has 70 valence electrons. The molecule has 0 aromatic heterocycles. The Balaban J connectivity index is 2.56. The first-order chi connectivity index (χ1) is 6.18. The van der Waals surface area contributed by atoms with E-state index in [1.807, 2.05) is 12.1 Å². The van der Waals surface area contributed by atoms with E-state index in [9.17, 15) is 0 Å². The Labute approximate surface area is 83.9 Å². The second-order valence-electron chi connectivity index (χ2n) is 3.79. The van der Waals surface area contributed by atoms with Crippen molar-refractivity contribution < 1.29 is 0 Å². The highest BCUT2D eigenvalue weighted by Crippen LogP contribution is 2.32. The normalized spacial score (nSPS) is 21.3. The van der Waals surface area contributed by atoms with E-state index < -0.39 is 0 Å². The Morgan fingerprint density at radius 3 is 3.00 bits per heavy atom. The van der Waals surface area contributed by atoms with Crippen molar-refractivity contribution in [2.45, 2.75) is 32.2 Å². The number of aryl methyl sites for hydroxylation is 1. The fourth-order valence-electron chi connectivity index (χ4n) is 2.13. The first-order valence-electron chi connectivity index (χ1n) is 4.73. The van der Waals surface area contributed by atoms with Crippen LogP contribution in [0.4, 0.5) is 0 Å². The van der Waals surface area contributed by atoms with E-state index in [2.05, 4.69) is 6.92 Å². The third-order valence-electron chi connectivity index (χ3n) is 2.81. The molecule has 0 aliphatic heterocycles. The van der Waals surface area contributed by atoms with Gasteiger partial charge in [0.05, 0.1) is 0 Å². The van der Waals surface area contributed by atoms with Gasteiger partial charge in [0.25, 0.3) is 0 Å². The van der Waals surface area contributed by atoms with Gasteiger partial charge in [0, 0.05) is 11.1 Å². The van der Waals surface area contributed by atoms with Crippen LogP contribution < -0.4 is 5.73 Å². The van der Waals surface area contributed by atoms with Crippen LogP contribution in [0.1, 0.15) is 35.6 Å². The Bertz CT molecular complexity index is 333. The predicted octanol–water partition coefficient (Wildman–Crippen LogP) is 2.98. The molecule has 1 aliphatic carbocycles. The van der Waals surface area contributed by atoms with Gasteiger partial charge in [-0.05, 0) is 55.0 Å². The van der Waals surface area contributed by atoms with Gasteiger partial charge in [0.15, 0.2) is 0 Å². The topological polar surface area (TPSA) is 26.0 Å². The number of nitrogens with two attached hydrogens (primary N) is 1. The lowest BCUT2D eigenvalue weighted by Gasteiger charge is -2.24. The molecule has 1 aromatic rings. The van der Waals surface area contributed by atoms with E-state index >= 15 is 0 Å². The highest BCUT2D eigenvalue weighted by Gasteiger charge is 2.18. The number of rotatable bonds is 0. The fourth-order valence-corrected chi connectivity index (χ4v) is 2.41. The van der Waals surface area contributed by atoms with E-state index in [4.69, 9.17) is 17.3 Å². The molecule has 0 radical (unpaired) electrons. The van der Waals surface area contributed by atoms with Crippen molar-refractivity contribution in [2.24, 2.45) is 5.73 Å². The van der Waals surface area contributed by atoms with Gasteiger partial charge in [-0.1, -0.05) is 11.6 Å². The summed E-state index contributed by atoms with van der Waals surface area (Å²) in [6.45, 7) is 2.11.